The molecule has 24 heavy (non-hydrogen) atoms. The van der Waals surface area contributed by atoms with E-state index in [2.05, 4.69) is 73.0 Å². The highest BCUT2D eigenvalue weighted by Crippen LogP contribution is 2.06. The highest BCUT2D eigenvalue weighted by molar-refractivity contribution is 6.88. The van der Waals surface area contributed by atoms with Gasteiger partial charge >= 0.3 is 0 Å². The molecule has 5 heteroatoms. The van der Waals surface area contributed by atoms with Crippen LogP contribution in [0.3, 0.4) is 0 Å². The molecule has 1 aliphatic rings. The lowest BCUT2D eigenvalue weighted by Crippen LogP contribution is -2.49. The molecule has 0 aromatic heterocycles. The van der Waals surface area contributed by atoms with Crippen LogP contribution in [0.25, 0.3) is 0 Å². The van der Waals surface area contributed by atoms with Crippen molar-refractivity contribution in [3.05, 3.63) is 29.8 Å². The average molecular weight is 348 g/mol. The first-order valence-corrected chi connectivity index (χ1v) is 12.5. The highest BCUT2D eigenvalue weighted by Gasteiger charge is 2.18. The number of piperazine rings is 1. The Balaban J connectivity index is 1.78. The van der Waals surface area contributed by atoms with Crippen LogP contribution in [0.1, 0.15) is 12.5 Å². The fourth-order valence-corrected chi connectivity index (χ4v) is 4.26. The van der Waals surface area contributed by atoms with E-state index in [1.165, 1.54) is 5.19 Å². The van der Waals surface area contributed by atoms with E-state index in [0.717, 1.165) is 38.3 Å². The Labute approximate surface area is 148 Å². The Kier molecular flexibility index (Phi) is 6.60. The van der Waals surface area contributed by atoms with Gasteiger partial charge in [0.1, 0.15) is 0 Å². The molecule has 1 N–H and O–H groups in total. The predicted octanol–water partition coefficient (Wildman–Crippen LogP) is 1.53. The molecule has 1 fully saturated rings. The van der Waals surface area contributed by atoms with E-state index in [1.807, 2.05) is 0 Å². The summed E-state index contributed by atoms with van der Waals surface area (Å²) in [4.78, 5) is 17.1. The van der Waals surface area contributed by atoms with Gasteiger partial charge in [-0.15, -0.1) is 0 Å². The smallest absolute Gasteiger partial charge is 0.224 e. The number of hydrogen-bond donors (Lipinski definition) is 1. The fraction of sp³-hybridized carbons (Fsp3) is 0.632. The molecule has 1 saturated heterocycles. The van der Waals surface area contributed by atoms with Crippen molar-refractivity contribution in [1.29, 1.82) is 0 Å². The third-order valence-corrected chi connectivity index (χ3v) is 6.79. The lowest BCUT2D eigenvalue weighted by molar-refractivity contribution is -0.121. The largest absolute Gasteiger partial charge is 0.352 e. The van der Waals surface area contributed by atoms with Crippen molar-refractivity contribution >= 4 is 19.2 Å². The topological polar surface area (TPSA) is 35.6 Å². The summed E-state index contributed by atoms with van der Waals surface area (Å²) < 4.78 is 0. The highest BCUT2D eigenvalue weighted by atomic mass is 28.3. The zero-order chi connectivity index (χ0) is 17.7. The summed E-state index contributed by atoms with van der Waals surface area (Å²) in [5, 5.41) is 4.59. The van der Waals surface area contributed by atoms with Crippen LogP contribution in [0, 0.1) is 0 Å². The molecule has 2 rings (SSSR count). The SMILES string of the molecule is C[C@H](CN1CCN(C)CC1)NC(=O)Cc1ccc([Si](C)(C)C)cc1. The number of carbonyl (C=O) groups excluding carboxylic acids is 1. The van der Waals surface area contributed by atoms with E-state index in [9.17, 15) is 4.79 Å². The summed E-state index contributed by atoms with van der Waals surface area (Å²) in [6, 6.07) is 8.81. The van der Waals surface area contributed by atoms with Gasteiger partial charge < -0.3 is 10.2 Å². The van der Waals surface area contributed by atoms with Gasteiger partial charge in [-0.05, 0) is 19.5 Å². The van der Waals surface area contributed by atoms with Crippen LogP contribution < -0.4 is 10.5 Å². The molecule has 0 radical (unpaired) electrons. The molecule has 0 spiro atoms. The van der Waals surface area contributed by atoms with Gasteiger partial charge in [-0.2, -0.15) is 0 Å². The number of carbonyl (C=O) groups is 1. The first-order chi connectivity index (χ1) is 11.2. The van der Waals surface area contributed by atoms with Crippen LogP contribution in [0.5, 0.6) is 0 Å². The van der Waals surface area contributed by atoms with Gasteiger partial charge in [-0.3, -0.25) is 9.69 Å². The molecular weight excluding hydrogens is 314 g/mol. The number of likely N-dealkylation sites (N-methyl/N-ethyl adjacent to an activating group) is 1. The van der Waals surface area contributed by atoms with E-state index < -0.39 is 8.07 Å². The number of hydrogen-bond acceptors (Lipinski definition) is 3. The summed E-state index contributed by atoms with van der Waals surface area (Å²) in [6.07, 6.45) is 0.471. The van der Waals surface area contributed by atoms with Crippen molar-refractivity contribution in [2.45, 2.75) is 39.0 Å². The molecule has 1 atom stereocenters. The predicted molar refractivity (Wildman–Crippen MR) is 105 cm³/mol. The van der Waals surface area contributed by atoms with Crippen LogP contribution >= 0.6 is 0 Å². The normalized spacial score (nSPS) is 18.4. The Morgan fingerprint density at radius 2 is 1.71 bits per heavy atom. The Morgan fingerprint density at radius 1 is 1.12 bits per heavy atom. The van der Waals surface area contributed by atoms with Crippen LogP contribution in [-0.4, -0.2) is 69.6 Å². The summed E-state index contributed by atoms with van der Waals surface area (Å²) >= 11 is 0. The van der Waals surface area contributed by atoms with Crippen molar-refractivity contribution in [3.8, 4) is 0 Å². The molecule has 1 heterocycles. The number of benzene rings is 1. The first kappa shape index (κ1) is 19.2. The summed E-state index contributed by atoms with van der Waals surface area (Å²) in [5.41, 5.74) is 1.10. The van der Waals surface area contributed by atoms with Gasteiger partial charge in [0.25, 0.3) is 0 Å². The van der Waals surface area contributed by atoms with Gasteiger partial charge in [0.15, 0.2) is 0 Å². The van der Waals surface area contributed by atoms with Crippen LogP contribution in [-0.2, 0) is 11.2 Å². The molecule has 134 valence electrons. The van der Waals surface area contributed by atoms with E-state index in [1.54, 1.807) is 0 Å². The Bertz CT molecular complexity index is 531. The molecule has 4 nitrogen and oxygen atoms in total. The number of nitrogens with one attached hydrogen (secondary N) is 1. The fourth-order valence-electron chi connectivity index (χ4n) is 3.10. The molecule has 1 aromatic rings. The maximum Gasteiger partial charge on any atom is 0.224 e. The molecule has 0 bridgehead atoms. The lowest BCUT2D eigenvalue weighted by Gasteiger charge is -2.34. The summed E-state index contributed by atoms with van der Waals surface area (Å²) in [5.74, 6) is 0.123. The van der Waals surface area contributed by atoms with Gasteiger partial charge in [0.2, 0.25) is 5.91 Å². The summed E-state index contributed by atoms with van der Waals surface area (Å²) in [7, 11) is 0.901. The van der Waals surface area contributed by atoms with Crippen LogP contribution in [0.2, 0.25) is 19.6 Å². The number of amides is 1. The van der Waals surface area contributed by atoms with Crippen molar-refractivity contribution in [1.82, 2.24) is 15.1 Å². The van der Waals surface area contributed by atoms with Gasteiger partial charge in [0, 0.05) is 38.8 Å². The maximum absolute atomic E-state index is 12.3. The third-order valence-electron chi connectivity index (χ3n) is 4.72. The van der Waals surface area contributed by atoms with Crippen LogP contribution in [0.4, 0.5) is 0 Å². The van der Waals surface area contributed by atoms with Crippen molar-refractivity contribution in [2.75, 3.05) is 39.8 Å². The van der Waals surface area contributed by atoms with E-state index in [4.69, 9.17) is 0 Å². The second-order valence-electron chi connectivity index (χ2n) is 8.20. The minimum atomic E-state index is -1.26. The second-order valence-corrected chi connectivity index (χ2v) is 13.3. The summed E-state index contributed by atoms with van der Waals surface area (Å²) in [6.45, 7) is 14.5. The number of rotatable bonds is 6. The molecule has 0 aliphatic carbocycles. The van der Waals surface area contributed by atoms with Gasteiger partial charge in [-0.25, -0.2) is 0 Å². The van der Waals surface area contributed by atoms with Crippen LogP contribution in [0.15, 0.2) is 24.3 Å². The maximum atomic E-state index is 12.3. The van der Waals surface area contributed by atoms with Crippen molar-refractivity contribution in [3.63, 3.8) is 0 Å². The Morgan fingerprint density at radius 3 is 2.25 bits per heavy atom. The molecule has 1 amide bonds. The third kappa shape index (κ3) is 6.04. The zero-order valence-corrected chi connectivity index (χ0v) is 16.9. The zero-order valence-electron chi connectivity index (χ0n) is 15.9. The Hall–Kier alpha value is -1.17. The standard InChI is InChI=1S/C19H33N3OSi/c1-16(15-22-12-10-21(2)11-13-22)20-19(23)14-17-6-8-18(9-7-17)24(3,4)5/h6-9,16H,10-15H2,1-5H3,(H,20,23)/t16-/m1/s1. The van der Waals surface area contributed by atoms with E-state index in [-0.39, 0.29) is 11.9 Å². The molecular formula is C19H33N3OSi. The first-order valence-electron chi connectivity index (χ1n) is 9.04. The quantitative estimate of drug-likeness (QED) is 0.793. The van der Waals surface area contributed by atoms with E-state index in [0.29, 0.717) is 6.42 Å². The molecule has 0 saturated carbocycles. The monoisotopic (exact) mass is 347 g/mol. The minimum Gasteiger partial charge on any atom is -0.352 e. The minimum absolute atomic E-state index is 0.123. The van der Waals surface area contributed by atoms with Crippen molar-refractivity contribution < 1.29 is 4.79 Å². The van der Waals surface area contributed by atoms with Gasteiger partial charge in [0.05, 0.1) is 14.5 Å². The molecule has 0 unspecified atom stereocenters. The average Bonchev–Trinajstić information content (AvgIpc) is 2.49. The van der Waals surface area contributed by atoms with E-state index >= 15 is 0 Å². The second kappa shape index (κ2) is 8.27. The van der Waals surface area contributed by atoms with Crippen molar-refractivity contribution in [2.24, 2.45) is 0 Å². The molecule has 1 aromatic carbocycles. The lowest BCUT2D eigenvalue weighted by atomic mass is 10.1. The van der Waals surface area contributed by atoms with Gasteiger partial charge in [-0.1, -0.05) is 49.1 Å². The molecule has 1 aliphatic heterocycles. The number of nitrogens with zero attached hydrogens (tertiary/aromatic N) is 2.